The van der Waals surface area contributed by atoms with E-state index in [-0.39, 0.29) is 17.0 Å². The molecule has 0 aliphatic heterocycles. The quantitative estimate of drug-likeness (QED) is 0.405. The maximum absolute atomic E-state index is 12.6. The summed E-state index contributed by atoms with van der Waals surface area (Å²) in [7, 11) is 0. The Balaban J connectivity index is 2.29. The van der Waals surface area contributed by atoms with Crippen LogP contribution in [0.4, 0.5) is 0 Å². The maximum Gasteiger partial charge on any atom is 0.185 e. The van der Waals surface area contributed by atoms with Crippen LogP contribution in [0.2, 0.25) is 0 Å². The highest BCUT2D eigenvalue weighted by atomic mass is 16.5. The van der Waals surface area contributed by atoms with Gasteiger partial charge in [0, 0.05) is 11.1 Å². The normalized spacial score (nSPS) is 12.1. The number of hydrogen-bond acceptors (Lipinski definition) is 4. The first kappa shape index (κ1) is 22.5. The summed E-state index contributed by atoms with van der Waals surface area (Å²) in [6.45, 7) is 14.5. The highest BCUT2D eigenvalue weighted by Crippen LogP contribution is 2.30. The molecule has 0 spiro atoms. The van der Waals surface area contributed by atoms with Crippen molar-refractivity contribution in [1.29, 1.82) is 0 Å². The Labute approximate surface area is 174 Å². The summed E-state index contributed by atoms with van der Waals surface area (Å²) in [5.74, 6) is 2.10. The Bertz CT molecular complexity index is 850. The Hall–Kier alpha value is -2.75. The molecule has 0 aliphatic rings. The highest BCUT2D eigenvalue weighted by Gasteiger charge is 2.17. The third-order valence-corrected chi connectivity index (χ3v) is 3.69. The maximum atomic E-state index is 12.6. The van der Waals surface area contributed by atoms with E-state index < -0.39 is 0 Å². The predicted octanol–water partition coefficient (Wildman–Crippen LogP) is 6.34. The topological polar surface area (TPSA) is 44.8 Å². The van der Waals surface area contributed by atoms with Crippen LogP contribution in [0.15, 0.2) is 48.5 Å². The molecule has 0 N–H and O–H groups in total. The molecule has 0 aromatic heterocycles. The van der Waals surface area contributed by atoms with Crippen molar-refractivity contribution >= 4 is 11.9 Å². The van der Waals surface area contributed by atoms with Crippen LogP contribution in [-0.2, 0) is 0 Å². The van der Waals surface area contributed by atoms with Gasteiger partial charge in [-0.2, -0.15) is 0 Å². The van der Waals surface area contributed by atoms with Crippen molar-refractivity contribution in [3.8, 4) is 17.2 Å². The predicted molar refractivity (Wildman–Crippen MR) is 118 cm³/mol. The van der Waals surface area contributed by atoms with Crippen LogP contribution in [0.3, 0.4) is 0 Å². The Kier molecular flexibility index (Phi) is 7.12. The number of allylic oxidation sites excluding steroid dienone is 1. The highest BCUT2D eigenvalue weighted by molar-refractivity contribution is 6.07. The summed E-state index contributed by atoms with van der Waals surface area (Å²) in [5.41, 5.74) is 0.727. The first-order valence-corrected chi connectivity index (χ1v) is 9.94. The SMILES string of the molecule is CCOc1ccc(C(=O)C=Cc2cc(OC(C)(C)C)ccc2OC(C)(C)C)cc1. The minimum Gasteiger partial charge on any atom is -0.494 e. The molecule has 0 unspecified atom stereocenters. The number of benzene rings is 2. The van der Waals surface area contributed by atoms with Crippen LogP contribution in [0.5, 0.6) is 17.2 Å². The van der Waals surface area contributed by atoms with Crippen LogP contribution in [-0.4, -0.2) is 23.6 Å². The number of ketones is 1. The lowest BCUT2D eigenvalue weighted by Crippen LogP contribution is -2.24. The third-order valence-electron chi connectivity index (χ3n) is 3.69. The molecule has 0 bridgehead atoms. The molecule has 0 amide bonds. The van der Waals surface area contributed by atoms with E-state index in [1.54, 1.807) is 36.4 Å². The molecule has 2 aromatic carbocycles. The van der Waals surface area contributed by atoms with E-state index in [4.69, 9.17) is 14.2 Å². The minimum absolute atomic E-state index is 0.0862. The van der Waals surface area contributed by atoms with Crippen molar-refractivity contribution in [2.45, 2.75) is 59.7 Å². The van der Waals surface area contributed by atoms with Gasteiger partial charge in [0.05, 0.1) is 6.61 Å². The summed E-state index contributed by atoms with van der Waals surface area (Å²) in [5, 5.41) is 0. The number of hydrogen-bond donors (Lipinski definition) is 0. The lowest BCUT2D eigenvalue weighted by Gasteiger charge is -2.25. The Morgan fingerprint density at radius 2 is 1.45 bits per heavy atom. The molecule has 156 valence electrons. The van der Waals surface area contributed by atoms with Crippen molar-refractivity contribution < 1.29 is 19.0 Å². The molecule has 0 atom stereocenters. The second kappa shape index (κ2) is 9.17. The molecule has 2 rings (SSSR count). The van der Waals surface area contributed by atoms with Gasteiger partial charge >= 0.3 is 0 Å². The zero-order valence-electron chi connectivity index (χ0n) is 18.5. The van der Waals surface area contributed by atoms with Gasteiger partial charge in [0.15, 0.2) is 5.78 Å². The number of ether oxygens (including phenoxy) is 3. The fourth-order valence-corrected chi connectivity index (χ4v) is 2.64. The summed E-state index contributed by atoms with van der Waals surface area (Å²) in [4.78, 5) is 12.6. The lowest BCUT2D eigenvalue weighted by molar-refractivity contribution is 0.104. The number of rotatable bonds is 7. The van der Waals surface area contributed by atoms with Crippen molar-refractivity contribution in [1.82, 2.24) is 0 Å². The summed E-state index contributed by atoms with van der Waals surface area (Å²) >= 11 is 0. The van der Waals surface area contributed by atoms with Crippen LogP contribution < -0.4 is 14.2 Å². The van der Waals surface area contributed by atoms with E-state index in [1.807, 2.05) is 66.7 Å². The smallest absolute Gasteiger partial charge is 0.185 e. The van der Waals surface area contributed by atoms with Gasteiger partial charge in [0.1, 0.15) is 28.5 Å². The van der Waals surface area contributed by atoms with Crippen LogP contribution in [0.25, 0.3) is 6.08 Å². The van der Waals surface area contributed by atoms with Gasteiger partial charge in [-0.1, -0.05) is 0 Å². The van der Waals surface area contributed by atoms with Crippen LogP contribution in [0, 0.1) is 0 Å². The first-order valence-electron chi connectivity index (χ1n) is 9.94. The zero-order chi connectivity index (χ0) is 21.7. The lowest BCUT2D eigenvalue weighted by atomic mass is 10.1. The molecule has 0 fully saturated rings. The summed E-state index contributed by atoms with van der Waals surface area (Å²) in [6.07, 6.45) is 3.33. The van der Waals surface area contributed by atoms with Crippen molar-refractivity contribution in [3.63, 3.8) is 0 Å². The van der Waals surface area contributed by atoms with Gasteiger partial charge in [-0.15, -0.1) is 0 Å². The number of carbonyl (C=O) groups excluding carboxylic acids is 1. The molecule has 4 nitrogen and oxygen atoms in total. The van der Waals surface area contributed by atoms with Gasteiger partial charge in [-0.25, -0.2) is 0 Å². The van der Waals surface area contributed by atoms with Crippen molar-refractivity contribution in [3.05, 3.63) is 59.7 Å². The third kappa shape index (κ3) is 7.65. The van der Waals surface area contributed by atoms with Crippen molar-refractivity contribution in [2.75, 3.05) is 6.61 Å². The van der Waals surface area contributed by atoms with E-state index >= 15 is 0 Å². The fraction of sp³-hybridized carbons (Fsp3) is 0.400. The van der Waals surface area contributed by atoms with Crippen LogP contribution >= 0.6 is 0 Å². The molecular weight excluding hydrogens is 364 g/mol. The molecule has 0 saturated heterocycles. The molecule has 29 heavy (non-hydrogen) atoms. The summed E-state index contributed by atoms with van der Waals surface area (Å²) < 4.78 is 17.5. The van der Waals surface area contributed by atoms with E-state index in [2.05, 4.69) is 0 Å². The number of carbonyl (C=O) groups is 1. The Morgan fingerprint density at radius 3 is 2.00 bits per heavy atom. The van der Waals surface area contributed by atoms with Gasteiger partial charge in [-0.05, 0) is 103 Å². The first-order chi connectivity index (χ1) is 13.5. The molecule has 0 radical (unpaired) electrons. The van der Waals surface area contributed by atoms with E-state index in [9.17, 15) is 4.79 Å². The second-order valence-electron chi connectivity index (χ2n) is 8.78. The average Bonchev–Trinajstić information content (AvgIpc) is 2.60. The van der Waals surface area contributed by atoms with Gasteiger partial charge in [0.2, 0.25) is 0 Å². The largest absolute Gasteiger partial charge is 0.494 e. The molecule has 2 aromatic rings. The molecule has 0 aliphatic carbocycles. The Morgan fingerprint density at radius 1 is 0.862 bits per heavy atom. The van der Waals surface area contributed by atoms with Gasteiger partial charge < -0.3 is 14.2 Å². The van der Waals surface area contributed by atoms with Crippen molar-refractivity contribution in [2.24, 2.45) is 0 Å². The second-order valence-corrected chi connectivity index (χ2v) is 8.78. The zero-order valence-corrected chi connectivity index (χ0v) is 18.5. The van der Waals surface area contributed by atoms with Gasteiger partial charge in [0.25, 0.3) is 0 Å². The van der Waals surface area contributed by atoms with Gasteiger partial charge in [-0.3, -0.25) is 4.79 Å². The van der Waals surface area contributed by atoms with E-state index in [0.717, 1.165) is 17.1 Å². The average molecular weight is 397 g/mol. The van der Waals surface area contributed by atoms with Crippen LogP contribution in [0.1, 0.15) is 64.4 Å². The van der Waals surface area contributed by atoms with E-state index in [1.165, 1.54) is 0 Å². The molecule has 0 saturated carbocycles. The molecule has 4 heteroatoms. The minimum atomic E-state index is -0.353. The molecular formula is C25H32O4. The fourth-order valence-electron chi connectivity index (χ4n) is 2.64. The standard InChI is InChI=1S/C25H32O4/c1-8-27-20-12-9-18(10-13-20)22(26)15-11-19-17-21(28-24(2,3)4)14-16-23(19)29-25(5,6)7/h9-17H,8H2,1-7H3. The monoisotopic (exact) mass is 396 g/mol. The summed E-state index contributed by atoms with van der Waals surface area (Å²) in [6, 6.07) is 12.8. The van der Waals surface area contributed by atoms with E-state index in [0.29, 0.717) is 17.9 Å². The molecule has 0 heterocycles.